The molecule has 0 aliphatic rings. The van der Waals surface area contributed by atoms with Gasteiger partial charge in [0.15, 0.2) is 4.77 Å². The Morgan fingerprint density at radius 1 is 1.21 bits per heavy atom. The van der Waals surface area contributed by atoms with Crippen LogP contribution in [0.2, 0.25) is 0 Å². The van der Waals surface area contributed by atoms with Crippen molar-refractivity contribution >= 4 is 29.8 Å². The molecule has 0 unspecified atom stereocenters. The minimum absolute atomic E-state index is 0. The first-order valence-corrected chi connectivity index (χ1v) is 7.75. The fourth-order valence-electron chi connectivity index (χ4n) is 1.54. The van der Waals surface area contributed by atoms with Gasteiger partial charge >= 0.3 is 0 Å². The summed E-state index contributed by atoms with van der Waals surface area (Å²) in [6.45, 7) is 1.36. The number of nitrogens with one attached hydrogen (secondary N) is 2. The Balaban J connectivity index is 0. The molecule has 11 heteroatoms. The molecule has 24 heavy (non-hydrogen) atoms. The molecule has 0 bridgehead atoms. The van der Waals surface area contributed by atoms with Gasteiger partial charge in [-0.1, -0.05) is 25.6 Å². The van der Waals surface area contributed by atoms with E-state index in [0.29, 0.717) is 4.77 Å². The van der Waals surface area contributed by atoms with E-state index in [2.05, 4.69) is 29.1 Å². The average Bonchev–Trinajstić information content (AvgIpc) is 2.51. The van der Waals surface area contributed by atoms with E-state index in [1.807, 2.05) is 0 Å². The molecular weight excluding hydrogens is 541 g/mol. The largest absolute Gasteiger partial charge is 0.394 e. The molecule has 0 aliphatic carbocycles. The normalized spacial score (nSPS) is 15.1. The summed E-state index contributed by atoms with van der Waals surface area (Å²) in [7, 11) is 0. The minimum atomic E-state index is -1.61. The van der Waals surface area contributed by atoms with Crippen LogP contribution in [0.4, 0.5) is 0 Å². The predicted octanol–water partition coefficient (Wildman–Crippen LogP) is -1.20. The van der Waals surface area contributed by atoms with Gasteiger partial charge in [-0.15, -0.1) is 0 Å². The van der Waals surface area contributed by atoms with Crippen molar-refractivity contribution < 1.29 is 47.9 Å². The van der Waals surface area contributed by atoms with Gasteiger partial charge in [0.1, 0.15) is 24.4 Å². The number of hydrogen-bond acceptors (Lipinski definition) is 8. The zero-order valence-corrected chi connectivity index (χ0v) is 16.6. The van der Waals surface area contributed by atoms with E-state index in [4.69, 9.17) is 37.8 Å². The number of aryl methyl sites for hydroxylation is 1. The Labute approximate surface area is 165 Å². The minimum Gasteiger partial charge on any atom is -0.394 e. The number of aliphatic hydroxyl groups is 5. The monoisotopic (exact) mass is 563 g/mol. The van der Waals surface area contributed by atoms with Crippen molar-refractivity contribution in [3.05, 3.63) is 26.9 Å². The van der Waals surface area contributed by atoms with Crippen molar-refractivity contribution in [3.8, 4) is 0 Å². The molecule has 0 aliphatic heterocycles. The Bertz CT molecular complexity index is 554. The van der Waals surface area contributed by atoms with Crippen molar-refractivity contribution in [1.29, 1.82) is 0 Å². The van der Waals surface area contributed by atoms with Crippen molar-refractivity contribution in [2.75, 3.05) is 6.61 Å². The van der Waals surface area contributed by atoms with Gasteiger partial charge in [-0.05, 0) is 18.6 Å². The van der Waals surface area contributed by atoms with Crippen LogP contribution >= 0.6 is 24.4 Å². The molecule has 0 aromatic carbocycles. The molecule has 1 aromatic heterocycles. The van der Waals surface area contributed by atoms with E-state index in [9.17, 15) is 4.79 Å². The third-order valence-corrected chi connectivity index (χ3v) is 3.24. The maximum atomic E-state index is 10.8. The number of hydrogen-bond donors (Lipinski definition) is 7. The van der Waals surface area contributed by atoms with Crippen LogP contribution < -0.4 is 5.56 Å². The Kier molecular flexibility index (Phi) is 15.1. The second kappa shape index (κ2) is 14.0. The van der Waals surface area contributed by atoms with E-state index < -0.39 is 31.0 Å². The van der Waals surface area contributed by atoms with E-state index >= 15 is 0 Å². The van der Waals surface area contributed by atoms with Gasteiger partial charge in [-0.2, -0.15) is 0 Å². The third kappa shape index (κ3) is 9.89. The topological polar surface area (TPSA) is 150 Å². The van der Waals surface area contributed by atoms with Gasteiger partial charge in [-0.3, -0.25) is 9.78 Å². The van der Waals surface area contributed by atoms with Crippen molar-refractivity contribution in [1.82, 2.24) is 9.97 Å². The molecule has 0 saturated heterocycles. The number of aromatic amines is 2. The SMILES string of the molecule is CCCc1cc(=O)[nH]c(=S)[nH]1.OC[C@@H](O)[C@@H](O)[C@H](O)[C@@H](O)C=S.[Au]. The van der Waals surface area contributed by atoms with Crippen molar-refractivity contribution in [2.24, 2.45) is 0 Å². The van der Waals surface area contributed by atoms with Crippen LogP contribution in [0.15, 0.2) is 10.9 Å². The summed E-state index contributed by atoms with van der Waals surface area (Å²) < 4.78 is 0.404. The van der Waals surface area contributed by atoms with Crippen LogP contribution in [-0.4, -0.2) is 71.9 Å². The van der Waals surface area contributed by atoms with Gasteiger partial charge in [0.2, 0.25) is 0 Å². The molecule has 0 spiro atoms. The third-order valence-electron chi connectivity index (χ3n) is 2.76. The summed E-state index contributed by atoms with van der Waals surface area (Å²) >= 11 is 9.09. The molecule has 4 atom stereocenters. The first-order chi connectivity index (χ1) is 10.8. The number of aliphatic hydroxyl groups excluding tert-OH is 5. The number of thiocarbonyl (C=S) groups is 1. The fourth-order valence-corrected chi connectivity index (χ4v) is 1.93. The first kappa shape index (κ1) is 26.0. The van der Waals surface area contributed by atoms with Gasteiger partial charge in [0.25, 0.3) is 5.56 Å². The summed E-state index contributed by atoms with van der Waals surface area (Å²) in [6, 6.07) is 1.54. The summed E-state index contributed by atoms with van der Waals surface area (Å²) in [5.41, 5.74) is 0.776. The van der Waals surface area contributed by atoms with Gasteiger partial charge in [0, 0.05) is 39.5 Å². The molecule has 8 nitrogen and oxygen atoms in total. The molecule has 0 saturated carbocycles. The molecule has 0 amide bonds. The van der Waals surface area contributed by atoms with Crippen molar-refractivity contribution in [2.45, 2.75) is 44.2 Å². The molecule has 1 aromatic rings. The van der Waals surface area contributed by atoms with Crippen LogP contribution in [-0.2, 0) is 28.8 Å². The molecule has 0 fully saturated rings. The molecule has 143 valence electrons. The molecule has 1 radical (unpaired) electrons. The Morgan fingerprint density at radius 3 is 2.21 bits per heavy atom. The van der Waals surface area contributed by atoms with Crippen LogP contribution in [0.25, 0.3) is 0 Å². The Morgan fingerprint density at radius 2 is 1.79 bits per heavy atom. The maximum absolute atomic E-state index is 10.8. The summed E-state index contributed by atoms with van der Waals surface area (Å²) in [5.74, 6) is 0. The summed E-state index contributed by atoms with van der Waals surface area (Å²) in [4.78, 5) is 16.2. The smallest absolute Gasteiger partial charge is 0.251 e. The number of aromatic nitrogens is 2. The van der Waals surface area contributed by atoms with Crippen LogP contribution in [0, 0.1) is 4.77 Å². The Hall–Kier alpha value is -0.270. The van der Waals surface area contributed by atoms with Crippen LogP contribution in [0.1, 0.15) is 19.0 Å². The molecule has 1 rings (SSSR count). The van der Waals surface area contributed by atoms with E-state index in [1.165, 1.54) is 0 Å². The van der Waals surface area contributed by atoms with E-state index in [0.717, 1.165) is 23.9 Å². The summed E-state index contributed by atoms with van der Waals surface area (Å²) in [6.07, 6.45) is -4.18. The maximum Gasteiger partial charge on any atom is 0.251 e. The van der Waals surface area contributed by atoms with Gasteiger partial charge in [-0.25, -0.2) is 0 Å². The van der Waals surface area contributed by atoms with Crippen LogP contribution in [0.3, 0.4) is 0 Å². The van der Waals surface area contributed by atoms with E-state index in [-0.39, 0.29) is 27.9 Å². The predicted molar refractivity (Wildman–Crippen MR) is 91.0 cm³/mol. The first-order valence-electron chi connectivity index (χ1n) is 6.87. The van der Waals surface area contributed by atoms with Crippen molar-refractivity contribution in [3.63, 3.8) is 0 Å². The fraction of sp³-hybridized carbons (Fsp3) is 0.615. The summed E-state index contributed by atoms with van der Waals surface area (Å²) in [5, 5.41) is 44.9. The molecular formula is C13H22AuN2O6S2. The number of H-pyrrole nitrogens is 2. The quantitative estimate of drug-likeness (QED) is 0.162. The zero-order valence-electron chi connectivity index (χ0n) is 12.8. The van der Waals surface area contributed by atoms with Gasteiger partial charge in [0.05, 0.1) is 6.61 Å². The van der Waals surface area contributed by atoms with Gasteiger partial charge < -0.3 is 30.5 Å². The second-order valence-corrected chi connectivity index (χ2v) is 5.40. The van der Waals surface area contributed by atoms with E-state index in [1.54, 1.807) is 6.07 Å². The zero-order chi connectivity index (χ0) is 18.0. The number of rotatable bonds is 7. The second-order valence-electron chi connectivity index (χ2n) is 4.72. The standard InChI is InChI=1S/C7H10N2OS.C6H12O5S.Au/c1-2-3-5-4-6(10)9-7(11)8-5;7-1-3(8)5(10)6(11)4(9)2-12;/h4H,2-3H2,1H3,(H2,8,9,10,11);2-11H,1H2;/t;3-,4+,5-,6-;/m.1./s1. The van der Waals surface area contributed by atoms with Crippen LogP contribution in [0.5, 0.6) is 0 Å². The molecule has 1 heterocycles. The average molecular weight is 563 g/mol. The molecule has 7 N–H and O–H groups in total.